The lowest BCUT2D eigenvalue weighted by Crippen LogP contribution is -2.54. The lowest BCUT2D eigenvalue weighted by molar-refractivity contribution is -0.122. The number of para-hydroxylation sites is 1. The molecule has 1 saturated heterocycles. The number of nitrogens with one attached hydrogen (secondary N) is 1. The minimum absolute atomic E-state index is 0.0571. The summed E-state index contributed by atoms with van der Waals surface area (Å²) in [6.45, 7) is 0. The molecule has 0 spiro atoms. The zero-order valence-corrected chi connectivity index (χ0v) is 16.6. The smallest absolute Gasteiger partial charge is 0.270 e. The number of halogens is 1. The van der Waals surface area contributed by atoms with Gasteiger partial charge in [0.15, 0.2) is 16.6 Å². The van der Waals surface area contributed by atoms with E-state index in [2.05, 4.69) is 5.32 Å². The van der Waals surface area contributed by atoms with E-state index in [1.165, 1.54) is 45.6 Å². The lowest BCUT2D eigenvalue weighted by atomic mass is 10.1. The number of amides is 2. The fraction of sp³-hybridized carbons (Fsp3) is 0.150. The molecule has 2 amide bonds. The number of anilines is 1. The van der Waals surface area contributed by atoms with Crippen molar-refractivity contribution in [2.75, 3.05) is 26.2 Å². The van der Waals surface area contributed by atoms with Crippen LogP contribution in [0.2, 0.25) is 0 Å². The van der Waals surface area contributed by atoms with E-state index in [4.69, 9.17) is 26.4 Å². The van der Waals surface area contributed by atoms with E-state index in [0.29, 0.717) is 22.8 Å². The fourth-order valence-corrected chi connectivity index (χ4v) is 3.13. The van der Waals surface area contributed by atoms with Crippen LogP contribution in [-0.4, -0.2) is 38.3 Å². The van der Waals surface area contributed by atoms with Crippen molar-refractivity contribution in [3.63, 3.8) is 0 Å². The van der Waals surface area contributed by atoms with Gasteiger partial charge in [0.25, 0.3) is 11.8 Å². The molecule has 29 heavy (non-hydrogen) atoms. The van der Waals surface area contributed by atoms with Crippen LogP contribution in [0.15, 0.2) is 42.0 Å². The molecule has 1 N–H and O–H groups in total. The third kappa shape index (κ3) is 3.77. The van der Waals surface area contributed by atoms with Crippen LogP contribution in [-0.2, 0) is 9.59 Å². The van der Waals surface area contributed by atoms with Crippen LogP contribution in [0.1, 0.15) is 5.56 Å². The van der Waals surface area contributed by atoms with Gasteiger partial charge in [-0.05, 0) is 48.1 Å². The van der Waals surface area contributed by atoms with Crippen LogP contribution >= 0.6 is 12.2 Å². The number of hydrogen-bond donors (Lipinski definition) is 1. The molecular formula is C20H17FN2O5S. The molecular weight excluding hydrogens is 399 g/mol. The first kappa shape index (κ1) is 20.3. The zero-order chi connectivity index (χ0) is 21.1. The quantitative estimate of drug-likeness (QED) is 0.459. The lowest BCUT2D eigenvalue weighted by Gasteiger charge is -2.29. The van der Waals surface area contributed by atoms with Crippen LogP contribution in [0.25, 0.3) is 6.08 Å². The van der Waals surface area contributed by atoms with Gasteiger partial charge in [0, 0.05) is 0 Å². The third-order valence-corrected chi connectivity index (χ3v) is 4.48. The van der Waals surface area contributed by atoms with Gasteiger partial charge in [0.05, 0.1) is 27.0 Å². The highest BCUT2D eigenvalue weighted by atomic mass is 32.1. The maximum atomic E-state index is 14.2. The zero-order valence-electron chi connectivity index (χ0n) is 15.8. The van der Waals surface area contributed by atoms with Crippen molar-refractivity contribution in [1.29, 1.82) is 0 Å². The first-order chi connectivity index (χ1) is 13.9. The summed E-state index contributed by atoms with van der Waals surface area (Å²) in [7, 11) is 4.36. The Morgan fingerprint density at radius 3 is 2.21 bits per heavy atom. The molecule has 1 aliphatic rings. The molecule has 0 unspecified atom stereocenters. The largest absolute Gasteiger partial charge is 0.493 e. The SMILES string of the molecule is COc1cc(C=C2C(=O)NC(=S)N(c3ccccc3F)C2=O)cc(OC)c1OC. The van der Waals surface area contributed by atoms with E-state index >= 15 is 0 Å². The molecule has 2 aromatic rings. The highest BCUT2D eigenvalue weighted by Crippen LogP contribution is 2.39. The van der Waals surface area contributed by atoms with Gasteiger partial charge in [0.1, 0.15) is 11.4 Å². The Bertz CT molecular complexity index is 1010. The molecule has 9 heteroatoms. The van der Waals surface area contributed by atoms with Crippen LogP contribution in [0.4, 0.5) is 10.1 Å². The molecule has 150 valence electrons. The van der Waals surface area contributed by atoms with Crippen molar-refractivity contribution < 1.29 is 28.2 Å². The van der Waals surface area contributed by atoms with Crippen LogP contribution < -0.4 is 24.4 Å². The second kappa shape index (κ2) is 8.27. The van der Waals surface area contributed by atoms with Gasteiger partial charge in [-0.25, -0.2) is 9.29 Å². The number of ether oxygens (including phenoxy) is 3. The highest BCUT2D eigenvalue weighted by molar-refractivity contribution is 7.80. The number of methoxy groups -OCH3 is 3. The summed E-state index contributed by atoms with van der Waals surface area (Å²) in [5.41, 5.74) is 0.161. The molecule has 3 rings (SSSR count). The summed E-state index contributed by atoms with van der Waals surface area (Å²) in [6.07, 6.45) is 1.35. The summed E-state index contributed by atoms with van der Waals surface area (Å²) < 4.78 is 30.1. The normalized spacial score (nSPS) is 15.4. The maximum absolute atomic E-state index is 14.2. The van der Waals surface area contributed by atoms with Gasteiger partial charge in [-0.3, -0.25) is 14.9 Å². The summed E-state index contributed by atoms with van der Waals surface area (Å²) in [5, 5.41) is 2.21. The van der Waals surface area contributed by atoms with E-state index < -0.39 is 17.6 Å². The Labute approximate surface area is 171 Å². The number of carbonyl (C=O) groups excluding carboxylic acids is 2. The van der Waals surface area contributed by atoms with Crippen LogP contribution in [0, 0.1) is 5.82 Å². The van der Waals surface area contributed by atoms with Crippen LogP contribution in [0.5, 0.6) is 17.2 Å². The molecule has 1 heterocycles. The molecule has 0 radical (unpaired) electrons. The average molecular weight is 416 g/mol. The Morgan fingerprint density at radius 1 is 1.03 bits per heavy atom. The number of benzene rings is 2. The molecule has 0 aromatic heterocycles. The van der Waals surface area contributed by atoms with Gasteiger partial charge in [-0.15, -0.1) is 0 Å². The van der Waals surface area contributed by atoms with E-state index in [1.54, 1.807) is 18.2 Å². The Balaban J connectivity index is 2.09. The maximum Gasteiger partial charge on any atom is 0.270 e. The minimum Gasteiger partial charge on any atom is -0.493 e. The van der Waals surface area contributed by atoms with Crippen molar-refractivity contribution in [2.45, 2.75) is 0 Å². The predicted molar refractivity (Wildman–Crippen MR) is 109 cm³/mol. The second-order valence-corrected chi connectivity index (χ2v) is 6.25. The summed E-state index contributed by atoms with van der Waals surface area (Å²) >= 11 is 5.08. The first-order valence-corrected chi connectivity index (χ1v) is 8.78. The molecule has 1 aliphatic heterocycles. The molecule has 0 atom stereocenters. The number of rotatable bonds is 5. The first-order valence-electron chi connectivity index (χ1n) is 8.37. The number of nitrogens with zero attached hydrogens (tertiary/aromatic N) is 1. The van der Waals surface area contributed by atoms with E-state index in [9.17, 15) is 14.0 Å². The van der Waals surface area contributed by atoms with Gasteiger partial charge in [-0.1, -0.05) is 12.1 Å². The molecule has 0 saturated carbocycles. The van der Waals surface area contributed by atoms with Crippen molar-refractivity contribution >= 4 is 40.9 Å². The van der Waals surface area contributed by atoms with E-state index in [1.807, 2.05) is 0 Å². The summed E-state index contributed by atoms with van der Waals surface area (Å²) in [5.74, 6) is -1.02. The second-order valence-electron chi connectivity index (χ2n) is 5.87. The number of thiocarbonyl (C=S) groups is 1. The molecule has 7 nitrogen and oxygen atoms in total. The van der Waals surface area contributed by atoms with Crippen molar-refractivity contribution in [3.8, 4) is 17.2 Å². The number of hydrogen-bond acceptors (Lipinski definition) is 6. The fourth-order valence-electron chi connectivity index (χ4n) is 2.86. The van der Waals surface area contributed by atoms with Crippen LogP contribution in [0.3, 0.4) is 0 Å². The van der Waals surface area contributed by atoms with E-state index in [0.717, 1.165) is 4.90 Å². The van der Waals surface area contributed by atoms with Crippen molar-refractivity contribution in [2.24, 2.45) is 0 Å². The van der Waals surface area contributed by atoms with Crippen molar-refractivity contribution in [3.05, 3.63) is 53.4 Å². The topological polar surface area (TPSA) is 77.1 Å². The molecule has 0 bridgehead atoms. The standard InChI is InChI=1S/C20H17FN2O5S/c1-26-15-9-11(10-16(27-2)17(15)28-3)8-12-18(24)22-20(29)23(19(12)25)14-7-5-4-6-13(14)21/h4-10H,1-3H3,(H,22,24,29). The monoisotopic (exact) mass is 416 g/mol. The molecule has 0 aliphatic carbocycles. The van der Waals surface area contributed by atoms with Gasteiger partial charge < -0.3 is 14.2 Å². The third-order valence-electron chi connectivity index (χ3n) is 4.19. The minimum atomic E-state index is -0.752. The summed E-state index contributed by atoms with van der Waals surface area (Å²) in [6, 6.07) is 8.80. The predicted octanol–water partition coefficient (Wildman–Crippen LogP) is 2.68. The number of carbonyl (C=O) groups is 2. The van der Waals surface area contributed by atoms with Gasteiger partial charge in [-0.2, -0.15) is 0 Å². The van der Waals surface area contributed by atoms with Gasteiger partial charge in [0.2, 0.25) is 5.75 Å². The Hall–Kier alpha value is -3.46. The average Bonchev–Trinajstić information content (AvgIpc) is 2.71. The molecule has 2 aromatic carbocycles. The Morgan fingerprint density at radius 2 is 1.66 bits per heavy atom. The summed E-state index contributed by atoms with van der Waals surface area (Å²) in [4.78, 5) is 26.3. The highest BCUT2D eigenvalue weighted by Gasteiger charge is 2.35. The Kier molecular flexibility index (Phi) is 5.79. The molecule has 1 fully saturated rings. The van der Waals surface area contributed by atoms with Gasteiger partial charge >= 0.3 is 0 Å². The van der Waals surface area contributed by atoms with Crippen molar-refractivity contribution in [1.82, 2.24) is 5.32 Å². The van der Waals surface area contributed by atoms with E-state index in [-0.39, 0.29) is 16.4 Å².